The summed E-state index contributed by atoms with van der Waals surface area (Å²) >= 11 is 7.04. The molecule has 1 rings (SSSR count). The summed E-state index contributed by atoms with van der Waals surface area (Å²) in [6.45, 7) is 0.500. The molecule has 82 valence electrons. The smallest absolute Gasteiger partial charge is 0.313 e. The molecule has 0 aliphatic heterocycles. The van der Waals surface area contributed by atoms with Crippen LogP contribution in [0.15, 0.2) is 24.3 Å². The minimum atomic E-state index is -0.800. The lowest BCUT2D eigenvalue weighted by atomic mass is 10.3. The van der Waals surface area contributed by atoms with E-state index in [4.69, 9.17) is 21.4 Å². The van der Waals surface area contributed by atoms with Crippen molar-refractivity contribution in [2.24, 2.45) is 0 Å². The summed E-state index contributed by atoms with van der Waals surface area (Å²) in [7, 11) is 0. The van der Waals surface area contributed by atoms with E-state index in [9.17, 15) is 4.79 Å². The third-order valence-corrected chi connectivity index (χ3v) is 2.69. The summed E-state index contributed by atoms with van der Waals surface area (Å²) in [6, 6.07) is 7.07. The van der Waals surface area contributed by atoms with Crippen molar-refractivity contribution >= 4 is 29.3 Å². The molecule has 0 heterocycles. The van der Waals surface area contributed by atoms with Crippen LogP contribution >= 0.6 is 23.4 Å². The second-order valence-corrected chi connectivity index (χ2v) is 4.29. The van der Waals surface area contributed by atoms with Crippen molar-refractivity contribution in [3.8, 4) is 5.75 Å². The van der Waals surface area contributed by atoms with Crippen LogP contribution < -0.4 is 4.74 Å². The number of thioether (sulfide) groups is 1. The maximum atomic E-state index is 10.2. The van der Waals surface area contributed by atoms with Gasteiger partial charge in [0.05, 0.1) is 12.4 Å². The number of halogens is 1. The first kappa shape index (κ1) is 12.2. The molecule has 0 saturated heterocycles. The Bertz CT molecular complexity index is 313. The van der Waals surface area contributed by atoms with Crippen molar-refractivity contribution in [3.63, 3.8) is 0 Å². The Morgan fingerprint density at radius 1 is 1.40 bits per heavy atom. The number of carboxylic acids is 1. The molecule has 0 unspecified atom stereocenters. The normalized spacial score (nSPS) is 9.93. The van der Waals surface area contributed by atoms with Gasteiger partial charge in [-0.05, 0) is 24.3 Å². The van der Waals surface area contributed by atoms with Crippen LogP contribution in [0.4, 0.5) is 0 Å². The lowest BCUT2D eigenvalue weighted by molar-refractivity contribution is -0.133. The summed E-state index contributed by atoms with van der Waals surface area (Å²) in [5.74, 6) is 0.723. The molecule has 0 aliphatic rings. The maximum Gasteiger partial charge on any atom is 0.313 e. The number of benzene rings is 1. The Morgan fingerprint density at radius 3 is 2.67 bits per heavy atom. The fourth-order valence-corrected chi connectivity index (χ4v) is 1.55. The van der Waals surface area contributed by atoms with Gasteiger partial charge in [-0.15, -0.1) is 11.8 Å². The molecule has 5 heteroatoms. The van der Waals surface area contributed by atoms with Crippen molar-refractivity contribution in [2.75, 3.05) is 18.1 Å². The van der Waals surface area contributed by atoms with Gasteiger partial charge in [0.15, 0.2) is 0 Å². The van der Waals surface area contributed by atoms with Crippen LogP contribution in [-0.2, 0) is 4.79 Å². The van der Waals surface area contributed by atoms with Crippen molar-refractivity contribution < 1.29 is 14.6 Å². The Labute approximate surface area is 97.4 Å². The van der Waals surface area contributed by atoms with Crippen molar-refractivity contribution in [1.82, 2.24) is 0 Å². The molecule has 15 heavy (non-hydrogen) atoms. The van der Waals surface area contributed by atoms with Gasteiger partial charge in [-0.3, -0.25) is 4.79 Å². The number of rotatable bonds is 6. The topological polar surface area (TPSA) is 46.5 Å². The molecule has 1 N–H and O–H groups in total. The van der Waals surface area contributed by atoms with Gasteiger partial charge >= 0.3 is 5.97 Å². The number of ether oxygens (including phenoxy) is 1. The Balaban J connectivity index is 2.15. The third kappa shape index (κ3) is 5.54. The van der Waals surface area contributed by atoms with E-state index in [1.54, 1.807) is 24.3 Å². The van der Waals surface area contributed by atoms with Crippen LogP contribution in [0.3, 0.4) is 0 Å². The standard InChI is InChI=1S/C10H11ClO3S/c11-8-1-3-9(4-2-8)14-5-6-15-7-10(12)13/h1-4H,5-7H2,(H,12,13). The minimum absolute atomic E-state index is 0.115. The second kappa shape index (κ2) is 6.58. The molecule has 0 aromatic heterocycles. The van der Waals surface area contributed by atoms with Gasteiger partial charge in [-0.2, -0.15) is 0 Å². The van der Waals surface area contributed by atoms with Gasteiger partial charge in [-0.25, -0.2) is 0 Å². The monoisotopic (exact) mass is 246 g/mol. The summed E-state index contributed by atoms with van der Waals surface area (Å²) in [5, 5.41) is 9.05. The molecule has 0 saturated carbocycles. The summed E-state index contributed by atoms with van der Waals surface area (Å²) in [6.07, 6.45) is 0. The predicted molar refractivity (Wildman–Crippen MR) is 61.9 cm³/mol. The van der Waals surface area contributed by atoms with E-state index < -0.39 is 5.97 Å². The minimum Gasteiger partial charge on any atom is -0.493 e. The molecular formula is C10H11ClO3S. The Morgan fingerprint density at radius 2 is 2.07 bits per heavy atom. The lowest BCUT2D eigenvalue weighted by Crippen LogP contribution is -2.04. The number of carbonyl (C=O) groups is 1. The van der Waals surface area contributed by atoms with Crippen LogP contribution in [0.2, 0.25) is 5.02 Å². The van der Waals surface area contributed by atoms with Gasteiger partial charge in [-0.1, -0.05) is 11.6 Å². The molecule has 0 fully saturated rings. The van der Waals surface area contributed by atoms with Crippen LogP contribution in [0.1, 0.15) is 0 Å². The SMILES string of the molecule is O=C(O)CSCCOc1ccc(Cl)cc1. The predicted octanol–water partition coefficient (Wildman–Crippen LogP) is 2.54. The molecule has 0 aliphatic carbocycles. The zero-order valence-electron chi connectivity index (χ0n) is 7.98. The molecule has 0 radical (unpaired) electrons. The first-order valence-electron chi connectivity index (χ1n) is 4.36. The third-order valence-electron chi connectivity index (χ3n) is 1.54. The number of carboxylic acid groups (broad SMARTS) is 1. The molecule has 0 spiro atoms. The van der Waals surface area contributed by atoms with Crippen molar-refractivity contribution in [3.05, 3.63) is 29.3 Å². The molecule has 0 atom stereocenters. The zero-order valence-corrected chi connectivity index (χ0v) is 9.55. The first-order valence-corrected chi connectivity index (χ1v) is 5.89. The molecule has 1 aromatic rings. The second-order valence-electron chi connectivity index (χ2n) is 2.75. The van der Waals surface area contributed by atoms with Gasteiger partial charge in [0.25, 0.3) is 0 Å². The van der Waals surface area contributed by atoms with Gasteiger partial charge in [0.2, 0.25) is 0 Å². The van der Waals surface area contributed by atoms with Crippen molar-refractivity contribution in [1.29, 1.82) is 0 Å². The Hall–Kier alpha value is -0.870. The van der Waals surface area contributed by atoms with E-state index >= 15 is 0 Å². The van der Waals surface area contributed by atoms with Crippen LogP contribution in [0.5, 0.6) is 5.75 Å². The van der Waals surface area contributed by atoms with Crippen LogP contribution in [0.25, 0.3) is 0 Å². The first-order chi connectivity index (χ1) is 7.18. The van der Waals surface area contributed by atoms with Gasteiger partial charge in [0.1, 0.15) is 5.75 Å². The van der Waals surface area contributed by atoms with E-state index in [2.05, 4.69) is 0 Å². The van der Waals surface area contributed by atoms with E-state index in [1.807, 2.05) is 0 Å². The zero-order chi connectivity index (χ0) is 11.1. The summed E-state index contributed by atoms with van der Waals surface area (Å²) < 4.78 is 5.37. The average Bonchev–Trinajstić information content (AvgIpc) is 2.20. The summed E-state index contributed by atoms with van der Waals surface area (Å²) in [5.41, 5.74) is 0. The van der Waals surface area contributed by atoms with E-state index in [-0.39, 0.29) is 5.75 Å². The number of aliphatic carboxylic acids is 1. The highest BCUT2D eigenvalue weighted by Gasteiger charge is 1.97. The van der Waals surface area contributed by atoms with E-state index in [1.165, 1.54) is 11.8 Å². The molecular weight excluding hydrogens is 236 g/mol. The number of hydrogen-bond donors (Lipinski definition) is 1. The highest BCUT2D eigenvalue weighted by Crippen LogP contribution is 2.15. The quantitative estimate of drug-likeness (QED) is 0.784. The largest absolute Gasteiger partial charge is 0.493 e. The van der Waals surface area contributed by atoms with Gasteiger partial charge < -0.3 is 9.84 Å². The molecule has 1 aromatic carbocycles. The lowest BCUT2D eigenvalue weighted by Gasteiger charge is -2.04. The number of hydrogen-bond acceptors (Lipinski definition) is 3. The average molecular weight is 247 g/mol. The molecule has 0 amide bonds. The highest BCUT2D eigenvalue weighted by atomic mass is 35.5. The highest BCUT2D eigenvalue weighted by molar-refractivity contribution is 7.99. The van der Waals surface area contributed by atoms with E-state index in [0.29, 0.717) is 17.4 Å². The van der Waals surface area contributed by atoms with Gasteiger partial charge in [0, 0.05) is 10.8 Å². The van der Waals surface area contributed by atoms with Crippen LogP contribution in [-0.4, -0.2) is 29.2 Å². The maximum absolute atomic E-state index is 10.2. The molecule has 3 nitrogen and oxygen atoms in total. The summed E-state index contributed by atoms with van der Waals surface area (Å²) in [4.78, 5) is 10.2. The fraction of sp³-hybridized carbons (Fsp3) is 0.300. The van der Waals surface area contributed by atoms with Crippen LogP contribution in [0, 0.1) is 0 Å². The Kier molecular flexibility index (Phi) is 5.36. The molecule has 0 bridgehead atoms. The fourth-order valence-electron chi connectivity index (χ4n) is 0.909. The van der Waals surface area contributed by atoms with E-state index in [0.717, 1.165) is 5.75 Å². The van der Waals surface area contributed by atoms with Crippen molar-refractivity contribution in [2.45, 2.75) is 0 Å².